The Labute approximate surface area is 81.6 Å². The van der Waals surface area contributed by atoms with Crippen molar-refractivity contribution in [1.82, 2.24) is 0 Å². The molecular formula is C9H10BFO3. The second-order valence-electron chi connectivity index (χ2n) is 2.67. The van der Waals surface area contributed by atoms with Gasteiger partial charge in [-0.25, -0.2) is 4.39 Å². The van der Waals surface area contributed by atoms with E-state index in [9.17, 15) is 4.39 Å². The zero-order valence-corrected chi connectivity index (χ0v) is 7.64. The third-order valence-corrected chi connectivity index (χ3v) is 1.64. The van der Waals surface area contributed by atoms with Gasteiger partial charge in [0.2, 0.25) is 0 Å². The maximum Gasteiger partial charge on any atom is 0.480 e. The van der Waals surface area contributed by atoms with E-state index in [1.807, 2.05) is 0 Å². The number of ether oxygens (including phenoxy) is 1. The number of hydrogen-bond acceptors (Lipinski definition) is 3. The van der Waals surface area contributed by atoms with Crippen LogP contribution in [-0.4, -0.2) is 24.3 Å². The number of rotatable bonds is 3. The SMILES string of the molecule is COc1ccc(/C=C/B(O)O)cc1F. The van der Waals surface area contributed by atoms with Crippen LogP contribution >= 0.6 is 0 Å². The average molecular weight is 196 g/mol. The summed E-state index contributed by atoms with van der Waals surface area (Å²) in [4.78, 5) is 0. The summed E-state index contributed by atoms with van der Waals surface area (Å²) >= 11 is 0. The van der Waals surface area contributed by atoms with E-state index in [-0.39, 0.29) is 5.75 Å². The zero-order chi connectivity index (χ0) is 10.6. The van der Waals surface area contributed by atoms with Crippen LogP contribution in [0, 0.1) is 5.82 Å². The molecular weight excluding hydrogens is 186 g/mol. The van der Waals surface area contributed by atoms with Crippen molar-refractivity contribution in [2.45, 2.75) is 0 Å². The van der Waals surface area contributed by atoms with Gasteiger partial charge in [-0.05, 0) is 17.7 Å². The predicted molar refractivity (Wildman–Crippen MR) is 52.2 cm³/mol. The summed E-state index contributed by atoms with van der Waals surface area (Å²) in [5, 5.41) is 17.1. The minimum atomic E-state index is -1.53. The fourth-order valence-electron chi connectivity index (χ4n) is 0.983. The van der Waals surface area contributed by atoms with Crippen LogP contribution in [0.2, 0.25) is 0 Å². The monoisotopic (exact) mass is 196 g/mol. The molecule has 0 saturated carbocycles. The lowest BCUT2D eigenvalue weighted by molar-refractivity contribution is 0.386. The summed E-state index contributed by atoms with van der Waals surface area (Å²) in [6.45, 7) is 0. The van der Waals surface area contributed by atoms with E-state index in [0.29, 0.717) is 5.56 Å². The predicted octanol–water partition coefficient (Wildman–Crippen LogP) is 0.859. The van der Waals surface area contributed by atoms with Gasteiger partial charge >= 0.3 is 7.12 Å². The van der Waals surface area contributed by atoms with Gasteiger partial charge in [0.15, 0.2) is 11.6 Å². The highest BCUT2D eigenvalue weighted by Crippen LogP contribution is 2.18. The van der Waals surface area contributed by atoms with E-state index in [0.717, 1.165) is 5.98 Å². The van der Waals surface area contributed by atoms with Crippen LogP contribution in [0.4, 0.5) is 4.39 Å². The summed E-state index contributed by atoms with van der Waals surface area (Å²) in [6.07, 6.45) is 1.41. The molecule has 0 spiro atoms. The Morgan fingerprint density at radius 1 is 1.43 bits per heavy atom. The first-order valence-corrected chi connectivity index (χ1v) is 4.01. The Balaban J connectivity index is 2.86. The number of halogens is 1. The van der Waals surface area contributed by atoms with E-state index in [1.165, 1.54) is 25.3 Å². The second-order valence-corrected chi connectivity index (χ2v) is 2.67. The zero-order valence-electron chi connectivity index (χ0n) is 7.64. The van der Waals surface area contributed by atoms with Gasteiger partial charge < -0.3 is 14.8 Å². The van der Waals surface area contributed by atoms with Crippen LogP contribution < -0.4 is 4.74 Å². The molecule has 5 heteroatoms. The van der Waals surface area contributed by atoms with Crippen molar-refractivity contribution in [3.05, 3.63) is 35.6 Å². The van der Waals surface area contributed by atoms with Crippen LogP contribution in [0.5, 0.6) is 5.75 Å². The van der Waals surface area contributed by atoms with Crippen molar-refractivity contribution in [2.75, 3.05) is 7.11 Å². The highest BCUT2D eigenvalue weighted by atomic mass is 19.1. The standard InChI is InChI=1S/C9H10BFO3/c1-14-9-3-2-7(6-8(9)11)4-5-10(12)13/h2-6,12-13H,1H3/b5-4+. The smallest absolute Gasteiger partial charge is 0.480 e. The Morgan fingerprint density at radius 2 is 2.14 bits per heavy atom. The van der Waals surface area contributed by atoms with Crippen molar-refractivity contribution >= 4 is 13.2 Å². The van der Waals surface area contributed by atoms with E-state index in [2.05, 4.69) is 0 Å². The lowest BCUT2D eigenvalue weighted by atomic mass is 9.91. The van der Waals surface area contributed by atoms with Crippen molar-refractivity contribution in [3.8, 4) is 5.75 Å². The van der Waals surface area contributed by atoms with Gasteiger partial charge in [-0.3, -0.25) is 0 Å². The molecule has 1 rings (SSSR count). The maximum atomic E-state index is 13.1. The fourth-order valence-corrected chi connectivity index (χ4v) is 0.983. The highest BCUT2D eigenvalue weighted by Gasteiger charge is 2.02. The molecule has 1 aromatic rings. The van der Waals surface area contributed by atoms with Gasteiger partial charge in [-0.1, -0.05) is 18.1 Å². The lowest BCUT2D eigenvalue weighted by Gasteiger charge is -2.01. The first-order valence-electron chi connectivity index (χ1n) is 4.01. The van der Waals surface area contributed by atoms with Crippen LogP contribution in [-0.2, 0) is 0 Å². The molecule has 0 aromatic heterocycles. The highest BCUT2D eigenvalue weighted by molar-refractivity contribution is 6.48. The molecule has 0 atom stereocenters. The molecule has 0 bridgehead atoms. The third kappa shape index (κ3) is 2.87. The summed E-state index contributed by atoms with van der Waals surface area (Å²) < 4.78 is 17.8. The Kier molecular flexibility index (Phi) is 3.68. The average Bonchev–Trinajstić information content (AvgIpc) is 2.15. The van der Waals surface area contributed by atoms with Crippen LogP contribution in [0.25, 0.3) is 6.08 Å². The van der Waals surface area contributed by atoms with Gasteiger partial charge in [-0.15, -0.1) is 0 Å². The summed E-state index contributed by atoms with van der Waals surface area (Å²) in [6, 6.07) is 4.33. The minimum Gasteiger partial charge on any atom is -0.494 e. The fraction of sp³-hybridized carbons (Fsp3) is 0.111. The van der Waals surface area contributed by atoms with E-state index >= 15 is 0 Å². The second kappa shape index (κ2) is 4.78. The van der Waals surface area contributed by atoms with E-state index < -0.39 is 12.9 Å². The van der Waals surface area contributed by atoms with Crippen LogP contribution in [0.3, 0.4) is 0 Å². The first kappa shape index (κ1) is 10.8. The normalized spacial score (nSPS) is 10.6. The van der Waals surface area contributed by atoms with E-state index in [4.69, 9.17) is 14.8 Å². The first-order chi connectivity index (χ1) is 6.63. The molecule has 0 amide bonds. The van der Waals surface area contributed by atoms with Gasteiger partial charge in [0.05, 0.1) is 7.11 Å². The maximum absolute atomic E-state index is 13.1. The Morgan fingerprint density at radius 3 is 2.64 bits per heavy atom. The third-order valence-electron chi connectivity index (χ3n) is 1.64. The largest absolute Gasteiger partial charge is 0.494 e. The molecule has 0 aliphatic heterocycles. The van der Waals surface area contributed by atoms with Crippen LogP contribution in [0.1, 0.15) is 5.56 Å². The molecule has 0 heterocycles. The van der Waals surface area contributed by atoms with Crippen molar-refractivity contribution < 1.29 is 19.2 Å². The number of hydrogen-bond donors (Lipinski definition) is 2. The molecule has 0 fully saturated rings. The molecule has 3 nitrogen and oxygen atoms in total. The molecule has 14 heavy (non-hydrogen) atoms. The molecule has 0 unspecified atom stereocenters. The minimum absolute atomic E-state index is 0.159. The van der Waals surface area contributed by atoms with Crippen molar-refractivity contribution in [1.29, 1.82) is 0 Å². The molecule has 2 N–H and O–H groups in total. The Hall–Kier alpha value is -1.33. The quantitative estimate of drug-likeness (QED) is 0.704. The van der Waals surface area contributed by atoms with Crippen molar-refractivity contribution in [3.63, 3.8) is 0 Å². The van der Waals surface area contributed by atoms with Crippen LogP contribution in [0.15, 0.2) is 24.2 Å². The lowest BCUT2D eigenvalue weighted by Crippen LogP contribution is -2.05. The number of methoxy groups -OCH3 is 1. The van der Waals surface area contributed by atoms with Gasteiger partial charge in [0, 0.05) is 0 Å². The summed E-state index contributed by atoms with van der Waals surface area (Å²) in [7, 11) is -0.147. The van der Waals surface area contributed by atoms with Gasteiger partial charge in [0.25, 0.3) is 0 Å². The number of benzene rings is 1. The molecule has 0 saturated heterocycles. The van der Waals surface area contributed by atoms with Gasteiger partial charge in [-0.2, -0.15) is 0 Å². The molecule has 74 valence electrons. The molecule has 1 aromatic carbocycles. The van der Waals surface area contributed by atoms with Gasteiger partial charge in [0.1, 0.15) is 0 Å². The Bertz CT molecular complexity index is 339. The molecule has 0 aliphatic carbocycles. The van der Waals surface area contributed by atoms with Crippen molar-refractivity contribution in [2.24, 2.45) is 0 Å². The summed E-state index contributed by atoms with van der Waals surface area (Å²) in [5.41, 5.74) is 0.538. The molecule has 0 radical (unpaired) electrons. The van der Waals surface area contributed by atoms with E-state index in [1.54, 1.807) is 6.07 Å². The summed E-state index contributed by atoms with van der Waals surface area (Å²) in [5.74, 6) is 0.815. The molecule has 0 aliphatic rings. The topological polar surface area (TPSA) is 49.7 Å².